The summed E-state index contributed by atoms with van der Waals surface area (Å²) in [5.74, 6) is -0.392. The Balaban J connectivity index is 2.36. The van der Waals surface area contributed by atoms with Gasteiger partial charge in [0.15, 0.2) is 0 Å². The number of halogens is 1. The van der Waals surface area contributed by atoms with Crippen molar-refractivity contribution in [3.63, 3.8) is 0 Å². The Labute approximate surface area is 137 Å². The lowest BCUT2D eigenvalue weighted by molar-refractivity contribution is -0.121. The zero-order valence-corrected chi connectivity index (χ0v) is 14.2. The predicted octanol–water partition coefficient (Wildman–Crippen LogP) is 2.32. The van der Waals surface area contributed by atoms with Gasteiger partial charge in [0.2, 0.25) is 5.91 Å². The van der Waals surface area contributed by atoms with Gasteiger partial charge in [-0.15, -0.1) is 0 Å². The molecule has 3 N–H and O–H groups in total. The summed E-state index contributed by atoms with van der Waals surface area (Å²) in [6, 6.07) is 6.09. The zero-order valence-electron chi connectivity index (χ0n) is 14.2. The van der Waals surface area contributed by atoms with E-state index in [1.807, 2.05) is 33.8 Å². The summed E-state index contributed by atoms with van der Waals surface area (Å²) in [4.78, 5) is 23.2. The van der Waals surface area contributed by atoms with E-state index in [4.69, 9.17) is 0 Å². The van der Waals surface area contributed by atoms with Gasteiger partial charge in [-0.1, -0.05) is 26.0 Å². The molecular formula is C17H26FN3O2. The molecule has 0 spiro atoms. The van der Waals surface area contributed by atoms with Crippen LogP contribution in [0, 0.1) is 5.82 Å². The number of benzene rings is 1. The highest BCUT2D eigenvalue weighted by atomic mass is 19.1. The Morgan fingerprint density at radius 2 is 1.91 bits per heavy atom. The van der Waals surface area contributed by atoms with Gasteiger partial charge < -0.3 is 16.0 Å². The fourth-order valence-corrected chi connectivity index (χ4v) is 2.06. The van der Waals surface area contributed by atoms with Crippen LogP contribution >= 0.6 is 0 Å². The first-order valence-electron chi connectivity index (χ1n) is 7.78. The van der Waals surface area contributed by atoms with Crippen LogP contribution in [0.2, 0.25) is 0 Å². The van der Waals surface area contributed by atoms with Crippen molar-refractivity contribution in [2.75, 3.05) is 13.1 Å². The number of hydrogen-bond donors (Lipinski definition) is 3. The average molecular weight is 323 g/mol. The molecule has 1 rings (SSSR count). The van der Waals surface area contributed by atoms with Crippen molar-refractivity contribution >= 4 is 11.9 Å². The minimum absolute atomic E-state index is 0.0865. The zero-order chi connectivity index (χ0) is 17.5. The number of amides is 3. The molecule has 0 atom stereocenters. The topological polar surface area (TPSA) is 70.2 Å². The third kappa shape index (κ3) is 7.13. The van der Waals surface area contributed by atoms with Crippen LogP contribution in [0.3, 0.4) is 0 Å². The van der Waals surface area contributed by atoms with Crippen molar-refractivity contribution < 1.29 is 14.0 Å². The lowest BCUT2D eigenvalue weighted by Gasteiger charge is -2.25. The van der Waals surface area contributed by atoms with Crippen molar-refractivity contribution in [2.45, 2.75) is 45.6 Å². The maximum Gasteiger partial charge on any atom is 0.314 e. The van der Waals surface area contributed by atoms with E-state index < -0.39 is 5.41 Å². The number of nitrogens with one attached hydrogen (secondary N) is 3. The summed E-state index contributed by atoms with van der Waals surface area (Å²) in [6.45, 7) is 8.25. The Kier molecular flexibility index (Phi) is 7.00. The van der Waals surface area contributed by atoms with Gasteiger partial charge in [0.1, 0.15) is 5.82 Å². The van der Waals surface area contributed by atoms with Crippen molar-refractivity contribution in [1.82, 2.24) is 16.0 Å². The lowest BCUT2D eigenvalue weighted by atomic mass is 9.84. The van der Waals surface area contributed by atoms with Gasteiger partial charge >= 0.3 is 6.03 Å². The maximum absolute atomic E-state index is 13.3. The van der Waals surface area contributed by atoms with E-state index in [2.05, 4.69) is 16.0 Å². The number of rotatable bonds is 7. The molecule has 0 unspecified atom stereocenters. The molecule has 0 aliphatic carbocycles. The molecular weight excluding hydrogens is 297 g/mol. The average Bonchev–Trinajstić information content (AvgIpc) is 2.44. The predicted molar refractivity (Wildman–Crippen MR) is 88.7 cm³/mol. The summed E-state index contributed by atoms with van der Waals surface area (Å²) in [7, 11) is 0. The summed E-state index contributed by atoms with van der Waals surface area (Å²) < 4.78 is 13.3. The van der Waals surface area contributed by atoms with E-state index in [-0.39, 0.29) is 36.8 Å². The summed E-state index contributed by atoms with van der Waals surface area (Å²) >= 11 is 0. The smallest absolute Gasteiger partial charge is 0.314 e. The molecule has 0 aliphatic rings. The standard InChI is InChI=1S/C17H26FN3O2/c1-12(2)21-15(22)8-9-19-16(23)20-11-17(3,4)13-6-5-7-14(18)10-13/h5-7,10,12H,8-9,11H2,1-4H3,(H,21,22)(H2,19,20,23). The van der Waals surface area contributed by atoms with Crippen LogP contribution in [0.15, 0.2) is 24.3 Å². The Morgan fingerprint density at radius 1 is 1.22 bits per heavy atom. The second kappa shape index (κ2) is 8.50. The monoisotopic (exact) mass is 323 g/mol. The molecule has 0 aromatic heterocycles. The van der Waals surface area contributed by atoms with E-state index in [1.165, 1.54) is 12.1 Å². The highest BCUT2D eigenvalue weighted by Gasteiger charge is 2.21. The molecule has 0 fully saturated rings. The fourth-order valence-electron chi connectivity index (χ4n) is 2.06. The van der Waals surface area contributed by atoms with Gasteiger partial charge in [-0.05, 0) is 31.5 Å². The van der Waals surface area contributed by atoms with Gasteiger partial charge in [-0.25, -0.2) is 9.18 Å². The molecule has 0 aliphatic heterocycles. The van der Waals surface area contributed by atoms with Gasteiger partial charge in [0.25, 0.3) is 0 Å². The molecule has 1 aromatic rings. The number of hydrogen-bond acceptors (Lipinski definition) is 2. The molecule has 0 bridgehead atoms. The highest BCUT2D eigenvalue weighted by molar-refractivity contribution is 5.78. The van der Waals surface area contributed by atoms with E-state index in [9.17, 15) is 14.0 Å². The number of carbonyl (C=O) groups is 2. The third-order valence-corrected chi connectivity index (χ3v) is 3.38. The fraction of sp³-hybridized carbons (Fsp3) is 0.529. The van der Waals surface area contributed by atoms with Crippen LogP contribution in [0.4, 0.5) is 9.18 Å². The van der Waals surface area contributed by atoms with E-state index >= 15 is 0 Å². The van der Waals surface area contributed by atoms with Gasteiger partial charge in [0.05, 0.1) is 0 Å². The summed E-state index contributed by atoms with van der Waals surface area (Å²) in [5.41, 5.74) is 0.420. The Hall–Kier alpha value is -2.11. The lowest BCUT2D eigenvalue weighted by Crippen LogP contribution is -2.43. The number of urea groups is 1. The van der Waals surface area contributed by atoms with Gasteiger partial charge in [-0.2, -0.15) is 0 Å². The van der Waals surface area contributed by atoms with Crippen LogP contribution in [-0.2, 0) is 10.2 Å². The normalized spacial score (nSPS) is 11.2. The van der Waals surface area contributed by atoms with Crippen LogP contribution in [0.1, 0.15) is 39.7 Å². The van der Waals surface area contributed by atoms with E-state index in [0.717, 1.165) is 5.56 Å². The van der Waals surface area contributed by atoms with E-state index in [1.54, 1.807) is 6.07 Å². The summed E-state index contributed by atoms with van der Waals surface area (Å²) in [6.07, 6.45) is 0.235. The maximum atomic E-state index is 13.3. The second-order valence-corrected chi connectivity index (χ2v) is 6.48. The number of carbonyl (C=O) groups excluding carboxylic acids is 2. The molecule has 6 heteroatoms. The van der Waals surface area contributed by atoms with Crippen LogP contribution in [-0.4, -0.2) is 31.1 Å². The Morgan fingerprint density at radius 3 is 2.52 bits per heavy atom. The third-order valence-electron chi connectivity index (χ3n) is 3.38. The molecule has 0 heterocycles. The SMILES string of the molecule is CC(C)NC(=O)CCNC(=O)NCC(C)(C)c1cccc(F)c1. The summed E-state index contributed by atoms with van der Waals surface area (Å²) in [5, 5.41) is 8.14. The molecule has 5 nitrogen and oxygen atoms in total. The molecule has 23 heavy (non-hydrogen) atoms. The minimum atomic E-state index is -0.394. The second-order valence-electron chi connectivity index (χ2n) is 6.48. The van der Waals surface area contributed by atoms with Crippen molar-refractivity contribution in [3.8, 4) is 0 Å². The molecule has 3 amide bonds. The van der Waals surface area contributed by atoms with Crippen LogP contribution < -0.4 is 16.0 Å². The van der Waals surface area contributed by atoms with Crippen molar-refractivity contribution in [2.24, 2.45) is 0 Å². The Bertz CT molecular complexity index is 544. The molecule has 0 saturated heterocycles. The largest absolute Gasteiger partial charge is 0.354 e. The van der Waals surface area contributed by atoms with Crippen LogP contribution in [0.25, 0.3) is 0 Å². The highest BCUT2D eigenvalue weighted by Crippen LogP contribution is 2.22. The van der Waals surface area contributed by atoms with Gasteiger partial charge in [-0.3, -0.25) is 4.79 Å². The minimum Gasteiger partial charge on any atom is -0.354 e. The van der Waals surface area contributed by atoms with Crippen LogP contribution in [0.5, 0.6) is 0 Å². The first kappa shape index (κ1) is 18.9. The first-order chi connectivity index (χ1) is 10.7. The molecule has 1 aromatic carbocycles. The van der Waals surface area contributed by atoms with Gasteiger partial charge in [0, 0.05) is 31.0 Å². The molecule has 0 radical (unpaired) electrons. The van der Waals surface area contributed by atoms with Crippen molar-refractivity contribution in [1.29, 1.82) is 0 Å². The first-order valence-corrected chi connectivity index (χ1v) is 7.78. The molecule has 0 saturated carbocycles. The van der Waals surface area contributed by atoms with Crippen molar-refractivity contribution in [3.05, 3.63) is 35.6 Å². The molecule has 128 valence electrons. The quantitative estimate of drug-likeness (QED) is 0.721. The van der Waals surface area contributed by atoms with E-state index in [0.29, 0.717) is 6.54 Å².